The van der Waals surface area contributed by atoms with Crippen LogP contribution in [0.2, 0.25) is 0 Å². The second kappa shape index (κ2) is 44.0. The Morgan fingerprint density at radius 3 is 1.00 bits per heavy atom. The fourth-order valence-corrected chi connectivity index (χ4v) is 7.60. The third-order valence-electron chi connectivity index (χ3n) is 11.8. The number of ether oxygens (including phenoxy) is 3. The summed E-state index contributed by atoms with van der Waals surface area (Å²) < 4.78 is 16.8. The number of hydrogen-bond acceptors (Lipinski definition) is 6. The molecule has 0 spiro atoms. The maximum atomic E-state index is 12.7. The molecule has 0 amide bonds. The summed E-state index contributed by atoms with van der Waals surface area (Å²) in [7, 11) is 0. The average Bonchev–Trinajstić information content (AvgIpc) is 3.19. The molecule has 0 saturated heterocycles. The second-order valence-electron chi connectivity index (χ2n) is 18.2. The predicted octanol–water partition coefficient (Wildman–Crippen LogP) is 16.1. The van der Waals surface area contributed by atoms with E-state index in [1.54, 1.807) is 0 Å². The van der Waals surface area contributed by atoms with Crippen molar-refractivity contribution in [1.82, 2.24) is 0 Å². The van der Waals surface area contributed by atoms with Gasteiger partial charge in [-0.25, -0.2) is 0 Å². The van der Waals surface area contributed by atoms with Gasteiger partial charge in [-0.2, -0.15) is 0 Å². The fraction of sp³-hybridized carbons (Fsp3) is 0.941. The van der Waals surface area contributed by atoms with Crippen molar-refractivity contribution in [3.05, 3.63) is 0 Å². The number of hydrogen-bond donors (Lipinski definition) is 0. The van der Waals surface area contributed by atoms with E-state index in [1.165, 1.54) is 167 Å². The highest BCUT2D eigenvalue weighted by Gasteiger charge is 2.19. The third kappa shape index (κ3) is 43.8. The Hall–Kier alpha value is -1.59. The van der Waals surface area contributed by atoms with Crippen LogP contribution in [0.25, 0.3) is 0 Å². The molecule has 338 valence electrons. The molecule has 0 saturated carbocycles. The molecule has 0 bridgehead atoms. The largest absolute Gasteiger partial charge is 0.462 e. The Morgan fingerprint density at radius 2 is 0.667 bits per heavy atom. The van der Waals surface area contributed by atoms with Crippen LogP contribution in [0.5, 0.6) is 0 Å². The molecule has 0 aliphatic heterocycles. The van der Waals surface area contributed by atoms with Crippen LogP contribution < -0.4 is 0 Å². The number of esters is 3. The number of carbonyl (C=O) groups is 3. The summed E-state index contributed by atoms with van der Waals surface area (Å²) in [6, 6.07) is 0. The molecule has 0 radical (unpaired) electrons. The summed E-state index contributed by atoms with van der Waals surface area (Å²) in [4.78, 5) is 37.8. The number of unbranched alkanes of at least 4 members (excludes halogenated alkanes) is 29. The summed E-state index contributed by atoms with van der Waals surface area (Å²) in [5.74, 6) is 0.765. The lowest BCUT2D eigenvalue weighted by molar-refractivity contribution is -0.167. The Bertz CT molecular complexity index is 872. The molecule has 6 heteroatoms. The zero-order valence-electron chi connectivity index (χ0n) is 39.0. The van der Waals surface area contributed by atoms with Gasteiger partial charge in [0.15, 0.2) is 6.10 Å². The lowest BCUT2D eigenvalue weighted by atomic mass is 10.00. The molecule has 1 unspecified atom stereocenters. The van der Waals surface area contributed by atoms with E-state index in [-0.39, 0.29) is 31.1 Å². The maximum Gasteiger partial charge on any atom is 0.306 e. The van der Waals surface area contributed by atoms with Crippen LogP contribution >= 0.6 is 0 Å². The van der Waals surface area contributed by atoms with Crippen LogP contribution in [0.15, 0.2) is 0 Å². The molecule has 0 aromatic rings. The van der Waals surface area contributed by atoms with Crippen LogP contribution in [0, 0.1) is 11.8 Å². The smallest absolute Gasteiger partial charge is 0.306 e. The molecule has 0 fully saturated rings. The van der Waals surface area contributed by atoms with Gasteiger partial charge in [0, 0.05) is 19.3 Å². The van der Waals surface area contributed by atoms with Crippen molar-refractivity contribution in [2.24, 2.45) is 11.8 Å². The highest BCUT2D eigenvalue weighted by Crippen LogP contribution is 2.17. The summed E-state index contributed by atoms with van der Waals surface area (Å²) in [5, 5.41) is 0. The van der Waals surface area contributed by atoms with Crippen LogP contribution in [0.4, 0.5) is 0 Å². The van der Waals surface area contributed by atoms with E-state index < -0.39 is 6.10 Å². The van der Waals surface area contributed by atoms with Crippen LogP contribution in [-0.2, 0) is 28.6 Å². The normalized spacial score (nSPS) is 12.5. The van der Waals surface area contributed by atoms with Gasteiger partial charge in [-0.3, -0.25) is 14.4 Å². The highest BCUT2D eigenvalue weighted by molar-refractivity contribution is 5.71. The van der Waals surface area contributed by atoms with Crippen LogP contribution in [0.1, 0.15) is 279 Å². The van der Waals surface area contributed by atoms with Crippen molar-refractivity contribution in [1.29, 1.82) is 0 Å². The number of rotatable bonds is 45. The first-order valence-corrected chi connectivity index (χ1v) is 25.3. The van der Waals surface area contributed by atoms with Gasteiger partial charge in [0.05, 0.1) is 0 Å². The number of carbonyl (C=O) groups excluding carboxylic acids is 3. The molecular formula is C51H98O6. The third-order valence-corrected chi connectivity index (χ3v) is 11.8. The molecule has 0 aliphatic rings. The van der Waals surface area contributed by atoms with Gasteiger partial charge < -0.3 is 14.2 Å². The first kappa shape index (κ1) is 55.4. The molecule has 0 aromatic carbocycles. The van der Waals surface area contributed by atoms with E-state index in [0.29, 0.717) is 19.3 Å². The summed E-state index contributed by atoms with van der Waals surface area (Å²) >= 11 is 0. The molecule has 6 nitrogen and oxygen atoms in total. The van der Waals surface area contributed by atoms with Crippen molar-refractivity contribution >= 4 is 17.9 Å². The van der Waals surface area contributed by atoms with Crippen molar-refractivity contribution < 1.29 is 28.6 Å². The van der Waals surface area contributed by atoms with E-state index >= 15 is 0 Å². The van der Waals surface area contributed by atoms with E-state index in [2.05, 4.69) is 34.6 Å². The van der Waals surface area contributed by atoms with E-state index in [0.717, 1.165) is 69.6 Å². The Morgan fingerprint density at radius 1 is 0.368 bits per heavy atom. The van der Waals surface area contributed by atoms with Gasteiger partial charge in [-0.1, -0.05) is 240 Å². The predicted molar refractivity (Wildman–Crippen MR) is 243 cm³/mol. The van der Waals surface area contributed by atoms with Crippen molar-refractivity contribution in [3.63, 3.8) is 0 Å². The van der Waals surface area contributed by atoms with Crippen molar-refractivity contribution in [2.45, 2.75) is 285 Å². The maximum absolute atomic E-state index is 12.7. The van der Waals surface area contributed by atoms with Gasteiger partial charge in [-0.05, 0) is 31.1 Å². The first-order chi connectivity index (χ1) is 27.8. The molecule has 0 heterocycles. The molecule has 0 aliphatic carbocycles. The monoisotopic (exact) mass is 807 g/mol. The second-order valence-corrected chi connectivity index (χ2v) is 18.2. The molecule has 0 N–H and O–H groups in total. The Balaban J connectivity index is 4.28. The Kier molecular flexibility index (Phi) is 42.7. The minimum atomic E-state index is -0.762. The quantitative estimate of drug-likeness (QED) is 0.0346. The minimum absolute atomic E-state index is 0.0649. The molecule has 2 atom stereocenters. The first-order valence-electron chi connectivity index (χ1n) is 25.3. The average molecular weight is 807 g/mol. The van der Waals surface area contributed by atoms with Crippen molar-refractivity contribution in [3.8, 4) is 0 Å². The van der Waals surface area contributed by atoms with Gasteiger partial charge in [0.1, 0.15) is 13.2 Å². The molecule has 0 rings (SSSR count). The van der Waals surface area contributed by atoms with Crippen LogP contribution in [-0.4, -0.2) is 37.2 Å². The lowest BCUT2D eigenvalue weighted by Gasteiger charge is -2.18. The van der Waals surface area contributed by atoms with E-state index in [9.17, 15) is 14.4 Å². The van der Waals surface area contributed by atoms with Gasteiger partial charge in [0.25, 0.3) is 0 Å². The van der Waals surface area contributed by atoms with Crippen molar-refractivity contribution in [2.75, 3.05) is 13.2 Å². The standard InChI is InChI=1S/C51H98O6/c1-6-8-9-10-11-12-13-14-15-16-17-18-19-22-25-31-36-41-49(52)55-44-48(45-56-50(53)42-37-32-28-27-30-35-40-47(5)7-2)57-51(54)43-38-33-26-23-20-21-24-29-34-39-46(3)4/h46-48H,6-45H2,1-5H3/t47?,48-/m1/s1. The molecular weight excluding hydrogens is 709 g/mol. The van der Waals surface area contributed by atoms with Crippen LogP contribution in [0.3, 0.4) is 0 Å². The molecule has 0 aromatic heterocycles. The van der Waals surface area contributed by atoms with Gasteiger partial charge in [0.2, 0.25) is 0 Å². The van der Waals surface area contributed by atoms with Gasteiger partial charge >= 0.3 is 17.9 Å². The zero-order chi connectivity index (χ0) is 41.9. The summed E-state index contributed by atoms with van der Waals surface area (Å²) in [6.07, 6.45) is 43.8. The van der Waals surface area contributed by atoms with E-state index in [1.807, 2.05) is 0 Å². The summed E-state index contributed by atoms with van der Waals surface area (Å²) in [6.45, 7) is 11.3. The zero-order valence-corrected chi connectivity index (χ0v) is 39.0. The SMILES string of the molecule is CCCCCCCCCCCCCCCCCCCC(=O)OC[C@H](COC(=O)CCCCCCCCC(C)CC)OC(=O)CCCCCCCCCCCC(C)C. The lowest BCUT2D eigenvalue weighted by Crippen LogP contribution is -2.30. The topological polar surface area (TPSA) is 78.9 Å². The highest BCUT2D eigenvalue weighted by atomic mass is 16.6. The Labute approximate surface area is 355 Å². The van der Waals surface area contributed by atoms with E-state index in [4.69, 9.17) is 14.2 Å². The fourth-order valence-electron chi connectivity index (χ4n) is 7.60. The van der Waals surface area contributed by atoms with Gasteiger partial charge in [-0.15, -0.1) is 0 Å². The minimum Gasteiger partial charge on any atom is -0.462 e. The summed E-state index contributed by atoms with van der Waals surface area (Å²) in [5.41, 5.74) is 0. The molecule has 57 heavy (non-hydrogen) atoms.